The molecular formula is C13H22N4O. The van der Waals surface area contributed by atoms with Gasteiger partial charge in [0.15, 0.2) is 0 Å². The van der Waals surface area contributed by atoms with Crippen molar-refractivity contribution in [1.82, 2.24) is 20.4 Å². The number of carbonyl (C=O) groups excluding carboxylic acids is 1. The monoisotopic (exact) mass is 250 g/mol. The Morgan fingerprint density at radius 3 is 3.11 bits per heavy atom. The zero-order chi connectivity index (χ0) is 13.0. The molecule has 0 bridgehead atoms. The van der Waals surface area contributed by atoms with Crippen LogP contribution in [0.5, 0.6) is 0 Å². The van der Waals surface area contributed by atoms with E-state index in [9.17, 15) is 4.79 Å². The van der Waals surface area contributed by atoms with Gasteiger partial charge >= 0.3 is 0 Å². The summed E-state index contributed by atoms with van der Waals surface area (Å²) in [4.78, 5) is 12.0. The highest BCUT2D eigenvalue weighted by Crippen LogP contribution is 2.12. The molecule has 18 heavy (non-hydrogen) atoms. The van der Waals surface area contributed by atoms with E-state index in [0.717, 1.165) is 25.0 Å². The fourth-order valence-electron chi connectivity index (χ4n) is 2.43. The summed E-state index contributed by atoms with van der Waals surface area (Å²) in [5, 5.41) is 10.4. The number of carbonyl (C=O) groups is 1. The lowest BCUT2D eigenvalue weighted by Crippen LogP contribution is -2.50. The maximum Gasteiger partial charge on any atom is 0.237 e. The predicted molar refractivity (Wildman–Crippen MR) is 70.2 cm³/mol. The smallest absolute Gasteiger partial charge is 0.237 e. The molecule has 0 aromatic carbocycles. The van der Waals surface area contributed by atoms with Crippen LogP contribution >= 0.6 is 0 Å². The summed E-state index contributed by atoms with van der Waals surface area (Å²) in [6.45, 7) is 2.81. The number of nitrogens with one attached hydrogen (secondary N) is 2. The number of nitrogens with zero attached hydrogens (tertiary/aromatic N) is 2. The molecule has 2 unspecified atom stereocenters. The molecule has 2 heterocycles. The minimum absolute atomic E-state index is 0.0136. The molecular weight excluding hydrogens is 228 g/mol. The van der Waals surface area contributed by atoms with Crippen molar-refractivity contribution in [2.45, 2.75) is 44.7 Å². The summed E-state index contributed by atoms with van der Waals surface area (Å²) in [6, 6.07) is 2.42. The van der Waals surface area contributed by atoms with Gasteiger partial charge in [-0.25, -0.2) is 0 Å². The maximum absolute atomic E-state index is 12.0. The van der Waals surface area contributed by atoms with Crippen molar-refractivity contribution in [3.8, 4) is 0 Å². The van der Waals surface area contributed by atoms with Crippen molar-refractivity contribution < 1.29 is 4.79 Å². The number of rotatable bonds is 4. The number of hydrogen-bond donors (Lipinski definition) is 2. The fourth-order valence-corrected chi connectivity index (χ4v) is 2.43. The molecule has 0 aliphatic carbocycles. The molecule has 2 rings (SSSR count). The summed E-state index contributed by atoms with van der Waals surface area (Å²) in [5.41, 5.74) is 1.14. The average Bonchev–Trinajstić information content (AvgIpc) is 2.75. The van der Waals surface area contributed by atoms with Gasteiger partial charge in [-0.2, -0.15) is 5.10 Å². The number of amides is 1. The third kappa shape index (κ3) is 3.32. The van der Waals surface area contributed by atoms with E-state index < -0.39 is 0 Å². The van der Waals surface area contributed by atoms with Gasteiger partial charge in [0.1, 0.15) is 0 Å². The van der Waals surface area contributed by atoms with Crippen molar-refractivity contribution >= 4 is 5.91 Å². The topological polar surface area (TPSA) is 59.0 Å². The molecule has 0 saturated carbocycles. The molecule has 1 amide bonds. The van der Waals surface area contributed by atoms with E-state index in [2.05, 4.69) is 22.7 Å². The minimum Gasteiger partial charge on any atom is -0.354 e. The Morgan fingerprint density at radius 2 is 2.44 bits per heavy atom. The maximum atomic E-state index is 12.0. The van der Waals surface area contributed by atoms with Crippen molar-refractivity contribution in [2.24, 2.45) is 7.05 Å². The second kappa shape index (κ2) is 6.00. The van der Waals surface area contributed by atoms with Gasteiger partial charge in [0, 0.05) is 37.9 Å². The molecule has 1 aliphatic rings. The van der Waals surface area contributed by atoms with Crippen molar-refractivity contribution in [3.05, 3.63) is 18.0 Å². The molecule has 2 atom stereocenters. The van der Waals surface area contributed by atoms with Crippen molar-refractivity contribution in [2.75, 3.05) is 6.54 Å². The number of piperidine rings is 1. The van der Waals surface area contributed by atoms with Gasteiger partial charge in [0.25, 0.3) is 0 Å². The van der Waals surface area contributed by atoms with Crippen LogP contribution in [-0.2, 0) is 18.3 Å². The summed E-state index contributed by atoms with van der Waals surface area (Å²) in [6.07, 6.45) is 5.85. The second-order valence-corrected chi connectivity index (χ2v) is 5.04. The molecule has 2 N–H and O–H groups in total. The molecule has 5 heteroatoms. The van der Waals surface area contributed by atoms with E-state index in [1.54, 1.807) is 6.20 Å². The first kappa shape index (κ1) is 13.1. The van der Waals surface area contributed by atoms with E-state index in [0.29, 0.717) is 12.6 Å². The molecule has 0 spiro atoms. The molecule has 5 nitrogen and oxygen atoms in total. The number of aryl methyl sites for hydroxylation is 1. The molecule has 1 aromatic rings. The van der Waals surface area contributed by atoms with Crippen molar-refractivity contribution in [1.29, 1.82) is 0 Å². The Labute approximate surface area is 108 Å². The lowest BCUT2D eigenvalue weighted by molar-refractivity contribution is -0.123. The van der Waals surface area contributed by atoms with E-state index in [1.165, 1.54) is 6.42 Å². The van der Waals surface area contributed by atoms with Crippen LogP contribution in [0.4, 0.5) is 0 Å². The van der Waals surface area contributed by atoms with E-state index >= 15 is 0 Å². The highest BCUT2D eigenvalue weighted by atomic mass is 16.2. The highest BCUT2D eigenvalue weighted by Gasteiger charge is 2.23. The third-order valence-corrected chi connectivity index (χ3v) is 3.53. The first-order valence-electron chi connectivity index (χ1n) is 6.67. The van der Waals surface area contributed by atoms with E-state index in [-0.39, 0.29) is 11.9 Å². The Morgan fingerprint density at radius 1 is 1.61 bits per heavy atom. The summed E-state index contributed by atoms with van der Waals surface area (Å²) >= 11 is 0. The number of hydrogen-bond acceptors (Lipinski definition) is 3. The average molecular weight is 250 g/mol. The van der Waals surface area contributed by atoms with Gasteiger partial charge in [-0.3, -0.25) is 9.48 Å². The van der Waals surface area contributed by atoms with Crippen LogP contribution in [0.3, 0.4) is 0 Å². The summed E-state index contributed by atoms with van der Waals surface area (Å²) < 4.78 is 1.84. The molecule has 0 radical (unpaired) electrons. The van der Waals surface area contributed by atoms with E-state index in [4.69, 9.17) is 0 Å². The Bertz CT molecular complexity index is 401. The summed E-state index contributed by atoms with van der Waals surface area (Å²) in [5.74, 6) is 0.128. The van der Waals surface area contributed by atoms with Crippen LogP contribution in [-0.4, -0.2) is 34.3 Å². The van der Waals surface area contributed by atoms with Crippen molar-refractivity contribution in [3.63, 3.8) is 0 Å². The number of aromatic nitrogens is 2. The lowest BCUT2D eigenvalue weighted by atomic mass is 9.99. The predicted octanol–water partition coefficient (Wildman–Crippen LogP) is 0.609. The van der Waals surface area contributed by atoms with Crippen LogP contribution in [0.1, 0.15) is 31.9 Å². The van der Waals surface area contributed by atoms with Gasteiger partial charge < -0.3 is 10.6 Å². The Hall–Kier alpha value is -1.36. The first-order chi connectivity index (χ1) is 8.66. The SMILES string of the molecule is CC1CCCC(C(=O)NCCc2ccnn2C)N1. The fraction of sp³-hybridized carbons (Fsp3) is 0.692. The normalized spacial score (nSPS) is 23.9. The second-order valence-electron chi connectivity index (χ2n) is 5.04. The van der Waals surface area contributed by atoms with Crippen LogP contribution in [0.15, 0.2) is 12.3 Å². The van der Waals surface area contributed by atoms with E-state index in [1.807, 2.05) is 17.8 Å². The standard InChI is InChI=1S/C13H22N4O/c1-10-4-3-5-12(16-10)13(18)14-8-6-11-7-9-15-17(11)2/h7,9-10,12,16H,3-6,8H2,1-2H3,(H,14,18). The quantitative estimate of drug-likeness (QED) is 0.823. The van der Waals surface area contributed by atoms with Crippen LogP contribution < -0.4 is 10.6 Å². The zero-order valence-electron chi connectivity index (χ0n) is 11.1. The molecule has 100 valence electrons. The van der Waals surface area contributed by atoms with Gasteiger partial charge in [0.2, 0.25) is 5.91 Å². The van der Waals surface area contributed by atoms with Gasteiger partial charge in [0.05, 0.1) is 6.04 Å². The first-order valence-corrected chi connectivity index (χ1v) is 6.67. The molecule has 1 aromatic heterocycles. The summed E-state index contributed by atoms with van der Waals surface area (Å²) in [7, 11) is 1.92. The van der Waals surface area contributed by atoms with Gasteiger partial charge in [-0.05, 0) is 32.3 Å². The van der Waals surface area contributed by atoms with Crippen LogP contribution in [0, 0.1) is 0 Å². The Balaban J connectivity index is 1.73. The Kier molecular flexibility index (Phi) is 4.36. The molecule has 1 fully saturated rings. The third-order valence-electron chi connectivity index (χ3n) is 3.53. The van der Waals surface area contributed by atoms with Gasteiger partial charge in [-0.15, -0.1) is 0 Å². The van der Waals surface area contributed by atoms with Crippen LogP contribution in [0.2, 0.25) is 0 Å². The lowest BCUT2D eigenvalue weighted by Gasteiger charge is -2.27. The largest absolute Gasteiger partial charge is 0.354 e. The molecule has 1 saturated heterocycles. The van der Waals surface area contributed by atoms with Crippen LogP contribution in [0.25, 0.3) is 0 Å². The molecule has 1 aliphatic heterocycles. The highest BCUT2D eigenvalue weighted by molar-refractivity contribution is 5.81. The van der Waals surface area contributed by atoms with Gasteiger partial charge in [-0.1, -0.05) is 0 Å². The minimum atomic E-state index is -0.0136. The zero-order valence-corrected chi connectivity index (χ0v) is 11.1.